The second kappa shape index (κ2) is 9.52. The van der Waals surface area contributed by atoms with E-state index in [9.17, 15) is 4.79 Å². The van der Waals surface area contributed by atoms with Crippen LogP contribution in [-0.4, -0.2) is 34.7 Å². The maximum Gasteiger partial charge on any atom is 0.328 e. The van der Waals surface area contributed by atoms with Gasteiger partial charge in [0.1, 0.15) is 5.69 Å². The molecule has 0 atom stereocenters. The Hall–Kier alpha value is -3.55. The Balaban J connectivity index is 1.42. The number of nitrogens with zero attached hydrogens (tertiary/aromatic N) is 6. The number of hydrogen-bond acceptors (Lipinski definition) is 5. The average Bonchev–Trinajstić information content (AvgIpc) is 3.50. The number of imidazole rings is 1. The van der Waals surface area contributed by atoms with E-state index in [0.717, 1.165) is 48.1 Å². The van der Waals surface area contributed by atoms with Gasteiger partial charge in [-0.25, -0.2) is 9.89 Å². The van der Waals surface area contributed by atoms with Gasteiger partial charge in [-0.2, -0.15) is 0 Å². The molecule has 1 N–H and O–H groups in total. The van der Waals surface area contributed by atoms with Crippen molar-refractivity contribution >= 4 is 0 Å². The van der Waals surface area contributed by atoms with E-state index in [1.165, 1.54) is 19.3 Å². The highest BCUT2D eigenvalue weighted by Crippen LogP contribution is 2.29. The first-order valence-electron chi connectivity index (χ1n) is 11.8. The smallest absolute Gasteiger partial charge is 0.296 e. The molecule has 0 spiro atoms. The Morgan fingerprint density at radius 1 is 1.09 bits per heavy atom. The lowest BCUT2D eigenvalue weighted by molar-refractivity contribution is 0.344. The van der Waals surface area contributed by atoms with Crippen LogP contribution in [0.3, 0.4) is 0 Å². The topological polar surface area (TPSA) is 94.3 Å². The molecule has 0 unspecified atom stereocenters. The Labute approximate surface area is 192 Å². The van der Waals surface area contributed by atoms with Gasteiger partial charge in [-0.05, 0) is 46.9 Å². The second-order valence-electron chi connectivity index (χ2n) is 8.78. The third kappa shape index (κ3) is 4.37. The lowest BCUT2D eigenvalue weighted by Gasteiger charge is -2.22. The quantitative estimate of drug-likeness (QED) is 0.457. The molecule has 0 saturated heterocycles. The number of rotatable bonds is 7. The summed E-state index contributed by atoms with van der Waals surface area (Å²) >= 11 is 0. The van der Waals surface area contributed by atoms with Gasteiger partial charge in [0.05, 0.1) is 6.54 Å². The molecule has 0 amide bonds. The summed E-state index contributed by atoms with van der Waals surface area (Å²) in [4.78, 5) is 17.8. The molecular formula is C25H29N7O. The van der Waals surface area contributed by atoms with E-state index in [4.69, 9.17) is 0 Å². The number of pyridine rings is 1. The van der Waals surface area contributed by atoms with Crippen molar-refractivity contribution in [3.63, 3.8) is 0 Å². The molecule has 0 radical (unpaired) electrons. The van der Waals surface area contributed by atoms with Gasteiger partial charge >= 0.3 is 5.69 Å². The molecular weight excluding hydrogens is 414 g/mol. The van der Waals surface area contributed by atoms with Gasteiger partial charge in [0, 0.05) is 29.7 Å². The molecule has 3 heterocycles. The number of nitrogens with one attached hydrogen (secondary N) is 1. The summed E-state index contributed by atoms with van der Waals surface area (Å²) in [5, 5.41) is 14.1. The van der Waals surface area contributed by atoms with E-state index in [1.54, 1.807) is 6.20 Å². The third-order valence-corrected chi connectivity index (χ3v) is 6.54. The zero-order valence-electron chi connectivity index (χ0n) is 18.9. The molecule has 1 aliphatic rings. The summed E-state index contributed by atoms with van der Waals surface area (Å²) < 4.78 is 3.97. The van der Waals surface area contributed by atoms with Crippen molar-refractivity contribution in [2.75, 3.05) is 0 Å². The van der Waals surface area contributed by atoms with Crippen LogP contribution in [0.15, 0.2) is 53.6 Å². The number of benzene rings is 1. The highest BCUT2D eigenvalue weighted by Gasteiger charge is 2.20. The van der Waals surface area contributed by atoms with E-state index >= 15 is 0 Å². The predicted molar refractivity (Wildman–Crippen MR) is 127 cm³/mol. The molecule has 5 rings (SSSR count). The monoisotopic (exact) mass is 443 g/mol. The third-order valence-electron chi connectivity index (χ3n) is 6.54. The lowest BCUT2D eigenvalue weighted by Crippen LogP contribution is -2.29. The van der Waals surface area contributed by atoms with Crippen LogP contribution in [0, 0.1) is 0 Å². The van der Waals surface area contributed by atoms with Gasteiger partial charge in [0.25, 0.3) is 0 Å². The van der Waals surface area contributed by atoms with E-state index in [0.29, 0.717) is 24.1 Å². The van der Waals surface area contributed by atoms with Crippen LogP contribution in [0.4, 0.5) is 0 Å². The molecule has 170 valence electrons. The fourth-order valence-electron chi connectivity index (χ4n) is 4.85. The van der Waals surface area contributed by atoms with Crippen molar-refractivity contribution in [1.29, 1.82) is 0 Å². The predicted octanol–water partition coefficient (Wildman–Crippen LogP) is 4.40. The number of tetrazole rings is 1. The second-order valence-corrected chi connectivity index (χ2v) is 8.78. The van der Waals surface area contributed by atoms with Gasteiger partial charge in [0.15, 0.2) is 5.82 Å². The van der Waals surface area contributed by atoms with Crippen molar-refractivity contribution < 1.29 is 0 Å². The minimum Gasteiger partial charge on any atom is -0.296 e. The van der Waals surface area contributed by atoms with Crippen LogP contribution in [0.5, 0.6) is 0 Å². The SMILES string of the molecule is CCCc1cn(C2CCCCC2)c(=O)n1Cc1ccc(-c2cccnc2-c2nnn[nH]2)cc1. The van der Waals surface area contributed by atoms with Gasteiger partial charge in [-0.3, -0.25) is 14.1 Å². The first-order chi connectivity index (χ1) is 16.2. The Morgan fingerprint density at radius 2 is 1.91 bits per heavy atom. The van der Waals surface area contributed by atoms with Crippen LogP contribution in [0.1, 0.15) is 62.7 Å². The van der Waals surface area contributed by atoms with E-state index in [1.807, 2.05) is 21.3 Å². The Bertz CT molecular complexity index is 1250. The van der Waals surface area contributed by atoms with Crippen molar-refractivity contribution in [3.05, 3.63) is 70.5 Å². The van der Waals surface area contributed by atoms with E-state index in [-0.39, 0.29) is 5.69 Å². The van der Waals surface area contributed by atoms with Crippen LogP contribution in [0.25, 0.3) is 22.6 Å². The Kier molecular flexibility index (Phi) is 6.15. The number of aromatic nitrogens is 7. The fraction of sp³-hybridized carbons (Fsp3) is 0.400. The zero-order chi connectivity index (χ0) is 22.6. The van der Waals surface area contributed by atoms with Gasteiger partial charge in [-0.15, -0.1) is 5.10 Å². The van der Waals surface area contributed by atoms with Crippen LogP contribution in [0.2, 0.25) is 0 Å². The van der Waals surface area contributed by atoms with E-state index in [2.05, 4.69) is 63.0 Å². The van der Waals surface area contributed by atoms with Crippen LogP contribution in [-0.2, 0) is 13.0 Å². The lowest BCUT2D eigenvalue weighted by atomic mass is 9.95. The first-order valence-corrected chi connectivity index (χ1v) is 11.8. The standard InChI is InChI=1S/C25H29N7O/c1-2-7-21-17-32(20-8-4-3-5-9-20)25(33)31(21)16-18-11-13-19(14-12-18)22-10-6-15-26-23(22)24-27-29-30-28-24/h6,10-15,17,20H,2-5,7-9,16H2,1H3,(H,27,28,29,30). The van der Waals surface area contributed by atoms with Gasteiger partial charge in [-0.1, -0.05) is 62.9 Å². The minimum atomic E-state index is 0.127. The zero-order valence-corrected chi connectivity index (χ0v) is 18.9. The fourth-order valence-corrected chi connectivity index (χ4v) is 4.85. The van der Waals surface area contributed by atoms with Crippen molar-refractivity contribution in [2.45, 2.75) is 64.5 Å². The van der Waals surface area contributed by atoms with Gasteiger partial charge in [0.2, 0.25) is 0 Å². The average molecular weight is 444 g/mol. The summed E-state index contributed by atoms with van der Waals surface area (Å²) in [5.74, 6) is 0.537. The molecule has 0 aliphatic heterocycles. The Morgan fingerprint density at radius 3 is 2.64 bits per heavy atom. The summed E-state index contributed by atoms with van der Waals surface area (Å²) in [6.07, 6.45) is 11.7. The highest BCUT2D eigenvalue weighted by atomic mass is 16.1. The minimum absolute atomic E-state index is 0.127. The normalized spacial score (nSPS) is 14.6. The number of aryl methyl sites for hydroxylation is 1. The van der Waals surface area contributed by atoms with E-state index < -0.39 is 0 Å². The molecule has 33 heavy (non-hydrogen) atoms. The summed E-state index contributed by atoms with van der Waals surface area (Å²) in [5.41, 5.74) is 5.05. The number of hydrogen-bond donors (Lipinski definition) is 1. The van der Waals surface area contributed by atoms with Gasteiger partial charge < -0.3 is 0 Å². The van der Waals surface area contributed by atoms with Crippen LogP contribution >= 0.6 is 0 Å². The molecule has 1 aliphatic carbocycles. The van der Waals surface area contributed by atoms with Crippen LogP contribution < -0.4 is 5.69 Å². The molecule has 0 bridgehead atoms. The summed E-state index contributed by atoms with van der Waals surface area (Å²) in [6.45, 7) is 2.75. The molecule has 1 saturated carbocycles. The van der Waals surface area contributed by atoms with Crippen molar-refractivity contribution in [3.8, 4) is 22.6 Å². The van der Waals surface area contributed by atoms with Crippen molar-refractivity contribution in [1.82, 2.24) is 34.7 Å². The maximum absolute atomic E-state index is 13.3. The highest BCUT2D eigenvalue weighted by molar-refractivity contribution is 5.77. The molecule has 4 aromatic rings. The largest absolute Gasteiger partial charge is 0.328 e. The molecule has 8 heteroatoms. The summed E-state index contributed by atoms with van der Waals surface area (Å²) in [7, 11) is 0. The number of aromatic amines is 1. The maximum atomic E-state index is 13.3. The molecule has 1 aromatic carbocycles. The molecule has 1 fully saturated rings. The van der Waals surface area contributed by atoms with Crippen molar-refractivity contribution in [2.24, 2.45) is 0 Å². The molecule has 8 nitrogen and oxygen atoms in total. The summed E-state index contributed by atoms with van der Waals surface area (Å²) in [6, 6.07) is 12.6. The number of H-pyrrole nitrogens is 1. The first kappa shape index (κ1) is 21.3. The molecule has 3 aromatic heterocycles.